The zero-order valence-corrected chi connectivity index (χ0v) is 11.3. The summed E-state index contributed by atoms with van der Waals surface area (Å²) in [6, 6.07) is 0. The van der Waals surface area contributed by atoms with E-state index in [-0.39, 0.29) is 5.25 Å². The van der Waals surface area contributed by atoms with Crippen molar-refractivity contribution in [1.82, 2.24) is 4.72 Å². The van der Waals surface area contributed by atoms with Crippen molar-refractivity contribution >= 4 is 10.0 Å². The molecule has 1 aliphatic heterocycles. The number of allylic oxidation sites excluding steroid dienone is 1. The molecular weight excluding hydrogens is 238 g/mol. The molecule has 1 N–H and O–H groups in total. The molecule has 0 aromatic rings. The number of hydrogen-bond donors (Lipinski definition) is 1. The van der Waals surface area contributed by atoms with Gasteiger partial charge < -0.3 is 4.74 Å². The fourth-order valence-corrected chi connectivity index (χ4v) is 3.53. The molecule has 0 aromatic heterocycles. The van der Waals surface area contributed by atoms with Crippen molar-refractivity contribution < 1.29 is 13.2 Å². The van der Waals surface area contributed by atoms with Gasteiger partial charge in [-0.15, -0.1) is 6.58 Å². The second-order valence-electron chi connectivity index (χ2n) is 4.53. The lowest BCUT2D eigenvalue weighted by atomic mass is 9.93. The van der Waals surface area contributed by atoms with Gasteiger partial charge in [0.05, 0.1) is 5.25 Å². The van der Waals surface area contributed by atoms with E-state index in [2.05, 4.69) is 11.3 Å². The third kappa shape index (κ3) is 4.77. The second kappa shape index (κ2) is 7.13. The highest BCUT2D eigenvalue weighted by Crippen LogP contribution is 2.25. The van der Waals surface area contributed by atoms with Gasteiger partial charge in [0.15, 0.2) is 0 Å². The normalized spacial score (nSPS) is 20.1. The maximum absolute atomic E-state index is 11.9. The van der Waals surface area contributed by atoms with Gasteiger partial charge in [0.1, 0.15) is 0 Å². The summed E-state index contributed by atoms with van der Waals surface area (Å²) in [6.07, 6.45) is 5.87. The molecule has 1 rings (SSSR count). The number of nitrogens with one attached hydrogen (secondary N) is 1. The predicted molar refractivity (Wildman–Crippen MR) is 69.4 cm³/mol. The minimum Gasteiger partial charge on any atom is -0.381 e. The number of ether oxygens (including phenoxy) is 1. The Balaban J connectivity index is 2.58. The largest absolute Gasteiger partial charge is 0.381 e. The summed E-state index contributed by atoms with van der Waals surface area (Å²) in [6.45, 7) is 5.18. The molecule has 17 heavy (non-hydrogen) atoms. The first-order chi connectivity index (χ1) is 8.10. The first kappa shape index (κ1) is 14.7. The molecule has 1 unspecified atom stereocenters. The maximum atomic E-state index is 11.9. The Labute approximate surface area is 104 Å². The average molecular weight is 261 g/mol. The van der Waals surface area contributed by atoms with Crippen molar-refractivity contribution in [3.63, 3.8) is 0 Å². The molecule has 1 saturated heterocycles. The van der Waals surface area contributed by atoms with Crippen LogP contribution >= 0.6 is 0 Å². The molecule has 1 fully saturated rings. The zero-order valence-electron chi connectivity index (χ0n) is 10.5. The van der Waals surface area contributed by atoms with Crippen LogP contribution in [0.1, 0.15) is 32.1 Å². The van der Waals surface area contributed by atoms with Crippen LogP contribution in [0.3, 0.4) is 0 Å². The first-order valence-corrected chi connectivity index (χ1v) is 7.75. The van der Waals surface area contributed by atoms with Crippen molar-refractivity contribution in [2.75, 3.05) is 20.3 Å². The SMILES string of the molecule is C=CCCC(CC1CCOCC1)S(=O)(=O)NC. The minimum absolute atomic E-state index is 0.298. The van der Waals surface area contributed by atoms with Gasteiger partial charge in [-0.2, -0.15) is 0 Å². The highest BCUT2D eigenvalue weighted by atomic mass is 32.2. The van der Waals surface area contributed by atoms with Crippen LogP contribution in [0.4, 0.5) is 0 Å². The second-order valence-corrected chi connectivity index (χ2v) is 6.69. The predicted octanol–water partition coefficient (Wildman–Crippen LogP) is 1.69. The minimum atomic E-state index is -3.17. The Morgan fingerprint density at radius 3 is 2.65 bits per heavy atom. The third-order valence-electron chi connectivity index (χ3n) is 3.35. The van der Waals surface area contributed by atoms with E-state index in [1.54, 1.807) is 6.08 Å². The summed E-state index contributed by atoms with van der Waals surface area (Å²) in [4.78, 5) is 0. The molecule has 0 saturated carbocycles. The van der Waals surface area contributed by atoms with Crippen molar-refractivity contribution in [2.24, 2.45) is 5.92 Å². The first-order valence-electron chi connectivity index (χ1n) is 6.21. The van der Waals surface area contributed by atoms with Gasteiger partial charge in [-0.3, -0.25) is 0 Å². The van der Waals surface area contributed by atoms with Crippen LogP contribution in [-0.4, -0.2) is 33.9 Å². The van der Waals surface area contributed by atoms with E-state index in [9.17, 15) is 8.42 Å². The van der Waals surface area contributed by atoms with Crippen LogP contribution in [0.15, 0.2) is 12.7 Å². The van der Waals surface area contributed by atoms with Crippen LogP contribution < -0.4 is 4.72 Å². The molecule has 0 bridgehead atoms. The molecule has 0 radical (unpaired) electrons. The summed E-state index contributed by atoms with van der Waals surface area (Å²) >= 11 is 0. The molecule has 5 heteroatoms. The molecule has 0 aromatic carbocycles. The van der Waals surface area contributed by atoms with Crippen LogP contribution in [0.25, 0.3) is 0 Å². The standard InChI is InChI=1S/C12H23NO3S/c1-3-4-5-12(17(14,15)13-2)10-11-6-8-16-9-7-11/h3,11-13H,1,4-10H2,2H3. The van der Waals surface area contributed by atoms with Crippen LogP contribution in [-0.2, 0) is 14.8 Å². The lowest BCUT2D eigenvalue weighted by Crippen LogP contribution is -2.34. The van der Waals surface area contributed by atoms with Crippen molar-refractivity contribution in [1.29, 1.82) is 0 Å². The van der Waals surface area contributed by atoms with Gasteiger partial charge in [-0.1, -0.05) is 6.08 Å². The Morgan fingerprint density at radius 2 is 2.12 bits per heavy atom. The van der Waals surface area contributed by atoms with Gasteiger partial charge >= 0.3 is 0 Å². The van der Waals surface area contributed by atoms with Gasteiger partial charge in [0.25, 0.3) is 0 Å². The summed E-state index contributed by atoms with van der Waals surface area (Å²) in [5.74, 6) is 0.474. The average Bonchev–Trinajstić information content (AvgIpc) is 2.35. The highest BCUT2D eigenvalue weighted by molar-refractivity contribution is 7.90. The maximum Gasteiger partial charge on any atom is 0.214 e. The number of sulfonamides is 1. The van der Waals surface area contributed by atoms with Crippen molar-refractivity contribution in [3.05, 3.63) is 12.7 Å². The smallest absolute Gasteiger partial charge is 0.214 e. The van der Waals surface area contributed by atoms with Crippen molar-refractivity contribution in [2.45, 2.75) is 37.4 Å². The molecule has 4 nitrogen and oxygen atoms in total. The van der Waals surface area contributed by atoms with Crippen LogP contribution in [0, 0.1) is 5.92 Å². The Bertz CT molecular complexity index is 321. The van der Waals surface area contributed by atoms with Gasteiger partial charge in [-0.25, -0.2) is 13.1 Å². The number of rotatable bonds is 7. The molecule has 0 spiro atoms. The summed E-state index contributed by atoms with van der Waals surface area (Å²) < 4.78 is 31.5. The summed E-state index contributed by atoms with van der Waals surface area (Å²) in [5, 5.41) is -0.298. The summed E-state index contributed by atoms with van der Waals surface area (Å²) in [5.41, 5.74) is 0. The van der Waals surface area contributed by atoms with Crippen molar-refractivity contribution in [3.8, 4) is 0 Å². The monoisotopic (exact) mass is 261 g/mol. The third-order valence-corrected chi connectivity index (χ3v) is 5.23. The van der Waals surface area contributed by atoms with E-state index in [1.807, 2.05) is 0 Å². The van der Waals surface area contributed by atoms with E-state index < -0.39 is 10.0 Å². The lowest BCUT2D eigenvalue weighted by Gasteiger charge is -2.26. The van der Waals surface area contributed by atoms with E-state index >= 15 is 0 Å². The zero-order chi connectivity index (χ0) is 12.7. The number of hydrogen-bond acceptors (Lipinski definition) is 3. The van der Waals surface area contributed by atoms with Gasteiger partial charge in [0, 0.05) is 13.2 Å². The Kier molecular flexibility index (Phi) is 6.16. The molecule has 100 valence electrons. The van der Waals surface area contributed by atoms with Gasteiger partial charge in [-0.05, 0) is 45.1 Å². The van der Waals surface area contributed by atoms with E-state index in [4.69, 9.17) is 4.74 Å². The quantitative estimate of drug-likeness (QED) is 0.710. The fraction of sp³-hybridized carbons (Fsp3) is 0.833. The highest BCUT2D eigenvalue weighted by Gasteiger charge is 2.27. The van der Waals surface area contributed by atoms with Gasteiger partial charge in [0.2, 0.25) is 10.0 Å². The topological polar surface area (TPSA) is 55.4 Å². The molecule has 1 heterocycles. The van der Waals surface area contributed by atoms with E-state index in [0.29, 0.717) is 12.3 Å². The van der Waals surface area contributed by atoms with E-state index in [1.165, 1.54) is 7.05 Å². The Morgan fingerprint density at radius 1 is 1.47 bits per heavy atom. The molecule has 0 amide bonds. The molecular formula is C12H23NO3S. The molecule has 1 atom stereocenters. The molecule has 1 aliphatic rings. The van der Waals surface area contributed by atoms with Crippen LogP contribution in [0.5, 0.6) is 0 Å². The molecule has 0 aliphatic carbocycles. The van der Waals surface area contributed by atoms with E-state index in [0.717, 1.165) is 38.9 Å². The Hall–Kier alpha value is -0.390. The summed E-state index contributed by atoms with van der Waals surface area (Å²) in [7, 11) is -1.68. The van der Waals surface area contributed by atoms with Crippen LogP contribution in [0.2, 0.25) is 0 Å². The fourth-order valence-electron chi connectivity index (χ4n) is 2.22. The lowest BCUT2D eigenvalue weighted by molar-refractivity contribution is 0.0634.